The summed E-state index contributed by atoms with van der Waals surface area (Å²) in [6.45, 7) is 11.5. The molecular formula is C17H27Cl2N5. The Bertz CT molecular complexity index is 556. The zero-order chi connectivity index (χ0) is 17.5. The summed E-state index contributed by atoms with van der Waals surface area (Å²) < 4.78 is 0. The molecule has 0 spiro atoms. The molecule has 3 N–H and O–H groups in total. The normalized spacial score (nSPS) is 18.6. The molecule has 1 aromatic rings. The lowest BCUT2D eigenvalue weighted by Crippen LogP contribution is -2.47. The van der Waals surface area contributed by atoms with E-state index in [1.54, 1.807) is 6.07 Å². The number of likely N-dealkylation sites (N-methyl/N-ethyl adjacent to an activating group) is 1. The number of rotatable bonds is 6. The molecule has 1 fully saturated rings. The summed E-state index contributed by atoms with van der Waals surface area (Å²) in [5, 5.41) is 4.44. The van der Waals surface area contributed by atoms with Crippen LogP contribution in [0.25, 0.3) is 0 Å². The fourth-order valence-corrected chi connectivity index (χ4v) is 3.41. The van der Waals surface area contributed by atoms with Crippen LogP contribution in [0.4, 0.5) is 0 Å². The molecule has 0 saturated carbocycles. The van der Waals surface area contributed by atoms with E-state index < -0.39 is 0 Å². The Morgan fingerprint density at radius 2 is 1.92 bits per heavy atom. The Labute approximate surface area is 154 Å². The third-order valence-electron chi connectivity index (χ3n) is 4.40. The average Bonchev–Trinajstić information content (AvgIpc) is 2.55. The molecule has 2 rings (SSSR count). The molecule has 24 heavy (non-hydrogen) atoms. The van der Waals surface area contributed by atoms with Crippen LogP contribution >= 0.6 is 23.2 Å². The zero-order valence-corrected chi connectivity index (χ0v) is 15.9. The lowest BCUT2D eigenvalue weighted by Gasteiger charge is -2.33. The third-order valence-corrected chi connectivity index (χ3v) is 4.97. The lowest BCUT2D eigenvalue weighted by molar-refractivity contribution is 0.140. The molecule has 1 atom stereocenters. The summed E-state index contributed by atoms with van der Waals surface area (Å²) in [5.41, 5.74) is 6.95. The van der Waals surface area contributed by atoms with Crippen molar-refractivity contribution in [2.75, 3.05) is 45.8 Å². The lowest BCUT2D eigenvalue weighted by atomic mass is 10.1. The van der Waals surface area contributed by atoms with Crippen molar-refractivity contribution < 1.29 is 0 Å². The molecule has 0 amide bonds. The standard InChI is InChI=1S/C17H27Cl2N5/c1-3-23-8-10-24(11-9-23)7-6-21-17(20)22-13(2)15-5-4-14(18)12-16(15)19/h4-5,12-13H,3,6-11H2,1-2H3,(H3,20,21,22). The van der Waals surface area contributed by atoms with Crippen LogP contribution in [-0.2, 0) is 0 Å². The van der Waals surface area contributed by atoms with Crippen LogP contribution in [0, 0.1) is 0 Å². The van der Waals surface area contributed by atoms with Crippen LogP contribution in [0.5, 0.6) is 0 Å². The number of guanidine groups is 1. The fraction of sp³-hybridized carbons (Fsp3) is 0.588. The largest absolute Gasteiger partial charge is 0.370 e. The molecule has 1 heterocycles. The number of aliphatic imine (C=N–C) groups is 1. The molecule has 1 aliphatic rings. The number of benzene rings is 1. The van der Waals surface area contributed by atoms with E-state index in [1.807, 2.05) is 19.1 Å². The number of nitrogens with zero attached hydrogens (tertiary/aromatic N) is 3. The predicted octanol–water partition coefficient (Wildman–Crippen LogP) is 2.60. The van der Waals surface area contributed by atoms with Gasteiger partial charge < -0.3 is 16.0 Å². The molecule has 7 heteroatoms. The quantitative estimate of drug-likeness (QED) is 0.595. The summed E-state index contributed by atoms with van der Waals surface area (Å²) in [7, 11) is 0. The van der Waals surface area contributed by atoms with E-state index >= 15 is 0 Å². The van der Waals surface area contributed by atoms with Gasteiger partial charge in [0.1, 0.15) is 0 Å². The highest BCUT2D eigenvalue weighted by molar-refractivity contribution is 6.35. The van der Waals surface area contributed by atoms with E-state index in [-0.39, 0.29) is 6.04 Å². The summed E-state index contributed by atoms with van der Waals surface area (Å²) in [4.78, 5) is 9.33. The van der Waals surface area contributed by atoms with Gasteiger partial charge in [-0.15, -0.1) is 0 Å². The SMILES string of the molecule is CCN1CCN(CCN=C(N)NC(C)c2ccc(Cl)cc2Cl)CC1. The van der Waals surface area contributed by atoms with Crippen molar-refractivity contribution in [2.24, 2.45) is 10.7 Å². The van der Waals surface area contributed by atoms with Crippen LogP contribution in [0.3, 0.4) is 0 Å². The predicted molar refractivity (Wildman–Crippen MR) is 103 cm³/mol. The van der Waals surface area contributed by atoms with Crippen molar-refractivity contribution in [1.82, 2.24) is 15.1 Å². The number of halogens is 2. The molecule has 1 aromatic carbocycles. The van der Waals surface area contributed by atoms with Crippen molar-refractivity contribution in [3.05, 3.63) is 33.8 Å². The highest BCUT2D eigenvalue weighted by Gasteiger charge is 2.15. The Balaban J connectivity index is 1.77. The Hall–Kier alpha value is -1.01. The number of piperazine rings is 1. The van der Waals surface area contributed by atoms with E-state index in [2.05, 4.69) is 27.0 Å². The average molecular weight is 372 g/mol. The van der Waals surface area contributed by atoms with E-state index in [9.17, 15) is 0 Å². The van der Waals surface area contributed by atoms with E-state index in [0.717, 1.165) is 44.8 Å². The van der Waals surface area contributed by atoms with Gasteiger partial charge in [0.2, 0.25) is 0 Å². The molecular weight excluding hydrogens is 345 g/mol. The first-order valence-electron chi connectivity index (χ1n) is 8.45. The van der Waals surface area contributed by atoms with Gasteiger partial charge in [-0.25, -0.2) is 0 Å². The number of nitrogens with two attached hydrogens (primary N) is 1. The van der Waals surface area contributed by atoms with Gasteiger partial charge >= 0.3 is 0 Å². The second-order valence-electron chi connectivity index (χ2n) is 6.07. The van der Waals surface area contributed by atoms with Gasteiger partial charge in [0.15, 0.2) is 5.96 Å². The monoisotopic (exact) mass is 371 g/mol. The Kier molecular flexibility index (Phi) is 7.62. The summed E-state index contributed by atoms with van der Waals surface area (Å²) in [6.07, 6.45) is 0. The second kappa shape index (κ2) is 9.47. The topological polar surface area (TPSA) is 56.9 Å². The molecule has 1 saturated heterocycles. The van der Waals surface area contributed by atoms with Crippen molar-refractivity contribution in [1.29, 1.82) is 0 Å². The summed E-state index contributed by atoms with van der Waals surface area (Å²) >= 11 is 12.1. The minimum Gasteiger partial charge on any atom is -0.370 e. The molecule has 0 radical (unpaired) electrons. The van der Waals surface area contributed by atoms with Crippen LogP contribution in [-0.4, -0.2) is 61.6 Å². The molecule has 134 valence electrons. The van der Waals surface area contributed by atoms with Crippen LogP contribution in [0.15, 0.2) is 23.2 Å². The van der Waals surface area contributed by atoms with Crippen LogP contribution < -0.4 is 11.1 Å². The minimum atomic E-state index is -0.0217. The number of hydrogen-bond donors (Lipinski definition) is 2. The third kappa shape index (κ3) is 5.81. The maximum absolute atomic E-state index is 6.22. The van der Waals surface area contributed by atoms with Gasteiger partial charge in [0, 0.05) is 42.8 Å². The van der Waals surface area contributed by atoms with Crippen molar-refractivity contribution >= 4 is 29.2 Å². The van der Waals surface area contributed by atoms with Gasteiger partial charge in [-0.2, -0.15) is 0 Å². The first kappa shape index (κ1) is 19.3. The molecule has 1 unspecified atom stereocenters. The maximum atomic E-state index is 6.22. The minimum absolute atomic E-state index is 0.0217. The molecule has 5 nitrogen and oxygen atoms in total. The highest BCUT2D eigenvalue weighted by atomic mass is 35.5. The molecule has 0 bridgehead atoms. The number of nitrogens with one attached hydrogen (secondary N) is 1. The van der Waals surface area contributed by atoms with Crippen LogP contribution in [0.2, 0.25) is 10.0 Å². The van der Waals surface area contributed by atoms with Crippen molar-refractivity contribution in [3.63, 3.8) is 0 Å². The second-order valence-corrected chi connectivity index (χ2v) is 6.92. The Morgan fingerprint density at radius 1 is 1.25 bits per heavy atom. The molecule has 1 aliphatic heterocycles. The van der Waals surface area contributed by atoms with Gasteiger partial charge in [0.05, 0.1) is 12.6 Å². The van der Waals surface area contributed by atoms with Gasteiger partial charge in [-0.1, -0.05) is 36.2 Å². The van der Waals surface area contributed by atoms with Gasteiger partial charge in [0.25, 0.3) is 0 Å². The first-order chi connectivity index (χ1) is 11.5. The van der Waals surface area contributed by atoms with Crippen molar-refractivity contribution in [3.8, 4) is 0 Å². The van der Waals surface area contributed by atoms with Crippen LogP contribution in [0.1, 0.15) is 25.5 Å². The fourth-order valence-electron chi connectivity index (χ4n) is 2.84. The molecule has 0 aromatic heterocycles. The van der Waals surface area contributed by atoms with Gasteiger partial charge in [-0.3, -0.25) is 9.89 Å². The summed E-state index contributed by atoms with van der Waals surface area (Å²) in [5.74, 6) is 0.445. The maximum Gasteiger partial charge on any atom is 0.189 e. The summed E-state index contributed by atoms with van der Waals surface area (Å²) in [6, 6.07) is 5.44. The Morgan fingerprint density at radius 3 is 2.54 bits per heavy atom. The molecule has 0 aliphatic carbocycles. The number of hydrogen-bond acceptors (Lipinski definition) is 3. The van der Waals surface area contributed by atoms with Gasteiger partial charge in [-0.05, 0) is 31.2 Å². The van der Waals surface area contributed by atoms with Crippen molar-refractivity contribution in [2.45, 2.75) is 19.9 Å². The smallest absolute Gasteiger partial charge is 0.189 e. The van der Waals surface area contributed by atoms with E-state index in [0.29, 0.717) is 22.5 Å². The van der Waals surface area contributed by atoms with E-state index in [1.165, 1.54) is 0 Å². The zero-order valence-electron chi connectivity index (χ0n) is 14.4. The first-order valence-corrected chi connectivity index (χ1v) is 9.21. The highest BCUT2D eigenvalue weighted by Crippen LogP contribution is 2.25. The van der Waals surface area contributed by atoms with E-state index in [4.69, 9.17) is 28.9 Å².